The molecule has 0 spiro atoms. The number of piperazine rings is 1. The van der Waals surface area contributed by atoms with E-state index < -0.39 is 0 Å². The molecule has 7 heteroatoms. The van der Waals surface area contributed by atoms with E-state index in [2.05, 4.69) is 27.4 Å². The molecule has 0 unspecified atom stereocenters. The third-order valence-electron chi connectivity index (χ3n) is 5.94. The van der Waals surface area contributed by atoms with E-state index in [9.17, 15) is 4.79 Å². The first-order valence-electron chi connectivity index (χ1n) is 10.9. The van der Waals surface area contributed by atoms with E-state index in [4.69, 9.17) is 9.72 Å². The molecule has 0 amide bonds. The van der Waals surface area contributed by atoms with E-state index in [1.165, 1.54) is 39.2 Å². The second-order valence-corrected chi connectivity index (χ2v) is 8.30. The van der Waals surface area contributed by atoms with Gasteiger partial charge in [-0.1, -0.05) is 19.3 Å². The van der Waals surface area contributed by atoms with Crippen LogP contribution in [0, 0.1) is 0 Å². The Labute approximate surface area is 178 Å². The van der Waals surface area contributed by atoms with Crippen molar-refractivity contribution >= 4 is 17.6 Å². The summed E-state index contributed by atoms with van der Waals surface area (Å²) in [6.07, 6.45) is 8.04. The predicted octanol–water partition coefficient (Wildman–Crippen LogP) is 3.47. The number of ether oxygens (including phenoxy) is 1. The number of carbonyl (C=O) groups is 1. The fraction of sp³-hybridized carbons (Fsp3) is 0.522. The minimum absolute atomic E-state index is 0.349. The molecule has 1 atom stereocenters. The topological polar surface area (TPSA) is 79.4 Å². The SMILES string of the molecule is COC(=O)c1cc(-c2ccnc(NC3CCCCC3)c2)nc(N2CCN[C@H](C)C2)c1. The average Bonchev–Trinajstić information content (AvgIpc) is 2.79. The fourth-order valence-corrected chi connectivity index (χ4v) is 4.33. The fourth-order valence-electron chi connectivity index (χ4n) is 4.33. The Balaban J connectivity index is 1.64. The Kier molecular flexibility index (Phi) is 6.47. The zero-order chi connectivity index (χ0) is 20.9. The standard InChI is InChI=1S/C23H31N5O2/c1-16-15-28(11-10-24-16)22-14-18(23(29)30-2)12-20(27-22)17-8-9-25-21(13-17)26-19-6-4-3-5-7-19/h8-9,12-14,16,19,24H,3-7,10-11,15H2,1-2H3,(H,25,26)/t16-/m1/s1. The lowest BCUT2D eigenvalue weighted by Gasteiger charge is -2.33. The molecule has 1 aliphatic heterocycles. The molecule has 0 radical (unpaired) electrons. The van der Waals surface area contributed by atoms with Gasteiger partial charge >= 0.3 is 5.97 Å². The van der Waals surface area contributed by atoms with Gasteiger partial charge in [0.2, 0.25) is 0 Å². The number of carbonyl (C=O) groups excluding carboxylic acids is 1. The largest absolute Gasteiger partial charge is 0.465 e. The Morgan fingerprint density at radius 3 is 2.83 bits per heavy atom. The molecule has 2 aromatic heterocycles. The third-order valence-corrected chi connectivity index (χ3v) is 5.94. The number of nitrogens with zero attached hydrogens (tertiary/aromatic N) is 3. The number of rotatable bonds is 5. The lowest BCUT2D eigenvalue weighted by molar-refractivity contribution is 0.0600. The molecule has 160 valence electrons. The summed E-state index contributed by atoms with van der Waals surface area (Å²) in [4.78, 5) is 23.9. The van der Waals surface area contributed by atoms with Crippen LogP contribution >= 0.6 is 0 Å². The summed E-state index contributed by atoms with van der Waals surface area (Å²) >= 11 is 0. The van der Waals surface area contributed by atoms with Crippen LogP contribution in [0.4, 0.5) is 11.6 Å². The summed E-state index contributed by atoms with van der Waals surface area (Å²) in [5, 5.41) is 7.02. The Morgan fingerprint density at radius 1 is 1.23 bits per heavy atom. The average molecular weight is 410 g/mol. The van der Waals surface area contributed by atoms with Crippen molar-refractivity contribution in [2.24, 2.45) is 0 Å². The molecule has 1 saturated carbocycles. The zero-order valence-corrected chi connectivity index (χ0v) is 17.9. The normalized spacial score (nSPS) is 20.1. The minimum Gasteiger partial charge on any atom is -0.465 e. The van der Waals surface area contributed by atoms with Crippen LogP contribution in [0.25, 0.3) is 11.3 Å². The second kappa shape index (κ2) is 9.43. The molecule has 2 aliphatic rings. The van der Waals surface area contributed by atoms with Gasteiger partial charge in [-0.05, 0) is 44.0 Å². The van der Waals surface area contributed by atoms with Crippen molar-refractivity contribution in [2.45, 2.75) is 51.1 Å². The number of hydrogen-bond donors (Lipinski definition) is 2. The molecule has 4 rings (SSSR count). The number of methoxy groups -OCH3 is 1. The highest BCUT2D eigenvalue weighted by molar-refractivity contribution is 5.91. The summed E-state index contributed by atoms with van der Waals surface area (Å²) < 4.78 is 4.99. The van der Waals surface area contributed by atoms with Crippen LogP contribution in [0.1, 0.15) is 49.4 Å². The Morgan fingerprint density at radius 2 is 2.07 bits per heavy atom. The van der Waals surface area contributed by atoms with E-state index in [0.717, 1.165) is 42.5 Å². The van der Waals surface area contributed by atoms with Gasteiger partial charge in [-0.3, -0.25) is 0 Å². The Hall–Kier alpha value is -2.67. The van der Waals surface area contributed by atoms with Crippen molar-refractivity contribution in [3.8, 4) is 11.3 Å². The molecule has 30 heavy (non-hydrogen) atoms. The molecule has 2 N–H and O–H groups in total. The lowest BCUT2D eigenvalue weighted by Crippen LogP contribution is -2.49. The quantitative estimate of drug-likeness (QED) is 0.732. The monoisotopic (exact) mass is 409 g/mol. The van der Waals surface area contributed by atoms with Crippen LogP contribution in [0.3, 0.4) is 0 Å². The van der Waals surface area contributed by atoms with Crippen LogP contribution in [0.2, 0.25) is 0 Å². The van der Waals surface area contributed by atoms with Gasteiger partial charge in [-0.15, -0.1) is 0 Å². The third kappa shape index (κ3) is 4.90. The maximum Gasteiger partial charge on any atom is 0.338 e. The smallest absolute Gasteiger partial charge is 0.338 e. The summed E-state index contributed by atoms with van der Waals surface area (Å²) in [6, 6.07) is 8.46. The van der Waals surface area contributed by atoms with Gasteiger partial charge < -0.3 is 20.3 Å². The number of hydrogen-bond acceptors (Lipinski definition) is 7. The van der Waals surface area contributed by atoms with E-state index in [0.29, 0.717) is 17.6 Å². The number of pyridine rings is 2. The van der Waals surface area contributed by atoms with E-state index >= 15 is 0 Å². The van der Waals surface area contributed by atoms with Crippen molar-refractivity contribution in [3.05, 3.63) is 36.0 Å². The van der Waals surface area contributed by atoms with Gasteiger partial charge in [0.15, 0.2) is 0 Å². The summed E-state index contributed by atoms with van der Waals surface area (Å²) in [6.45, 7) is 4.75. The predicted molar refractivity (Wildman–Crippen MR) is 119 cm³/mol. The van der Waals surface area contributed by atoms with Crippen molar-refractivity contribution < 1.29 is 9.53 Å². The van der Waals surface area contributed by atoms with Gasteiger partial charge in [-0.25, -0.2) is 14.8 Å². The van der Waals surface area contributed by atoms with Crippen molar-refractivity contribution in [1.82, 2.24) is 15.3 Å². The van der Waals surface area contributed by atoms with E-state index in [1.54, 1.807) is 12.3 Å². The van der Waals surface area contributed by atoms with Crippen LogP contribution in [0.5, 0.6) is 0 Å². The van der Waals surface area contributed by atoms with Crippen molar-refractivity contribution in [2.75, 3.05) is 37.0 Å². The molecule has 0 aromatic carbocycles. The summed E-state index contributed by atoms with van der Waals surface area (Å²) in [7, 11) is 1.41. The molecule has 2 fully saturated rings. The van der Waals surface area contributed by atoms with E-state index in [1.807, 2.05) is 18.2 Å². The van der Waals surface area contributed by atoms with Gasteiger partial charge in [0.05, 0.1) is 18.4 Å². The first kappa shape index (κ1) is 20.6. The Bertz CT molecular complexity index is 882. The molecule has 0 bridgehead atoms. The minimum atomic E-state index is -0.349. The molecule has 1 saturated heterocycles. The van der Waals surface area contributed by atoms with Gasteiger partial charge in [0.1, 0.15) is 11.6 Å². The number of anilines is 2. The van der Waals surface area contributed by atoms with Crippen LogP contribution in [-0.4, -0.2) is 54.8 Å². The lowest BCUT2D eigenvalue weighted by atomic mass is 9.95. The van der Waals surface area contributed by atoms with Crippen LogP contribution < -0.4 is 15.5 Å². The number of nitrogens with one attached hydrogen (secondary N) is 2. The maximum atomic E-state index is 12.3. The van der Waals surface area contributed by atoms with Crippen molar-refractivity contribution in [1.29, 1.82) is 0 Å². The highest BCUT2D eigenvalue weighted by Crippen LogP contribution is 2.27. The molecular weight excluding hydrogens is 378 g/mol. The highest BCUT2D eigenvalue weighted by Gasteiger charge is 2.20. The molecule has 3 heterocycles. The van der Waals surface area contributed by atoms with Crippen LogP contribution in [0.15, 0.2) is 30.5 Å². The number of esters is 1. The van der Waals surface area contributed by atoms with Gasteiger partial charge in [0.25, 0.3) is 0 Å². The first-order chi connectivity index (χ1) is 14.6. The van der Waals surface area contributed by atoms with E-state index in [-0.39, 0.29) is 5.97 Å². The van der Waals surface area contributed by atoms with Gasteiger partial charge in [0, 0.05) is 43.5 Å². The molecule has 2 aromatic rings. The molecule has 7 nitrogen and oxygen atoms in total. The molecular formula is C23H31N5O2. The summed E-state index contributed by atoms with van der Waals surface area (Å²) in [5.74, 6) is 1.32. The zero-order valence-electron chi connectivity index (χ0n) is 17.9. The maximum absolute atomic E-state index is 12.3. The van der Waals surface area contributed by atoms with Crippen molar-refractivity contribution in [3.63, 3.8) is 0 Å². The number of aromatic nitrogens is 2. The van der Waals surface area contributed by atoms with Crippen LogP contribution in [-0.2, 0) is 4.74 Å². The van der Waals surface area contributed by atoms with Gasteiger partial charge in [-0.2, -0.15) is 0 Å². The second-order valence-electron chi connectivity index (χ2n) is 8.30. The first-order valence-corrected chi connectivity index (χ1v) is 10.9. The highest BCUT2D eigenvalue weighted by atomic mass is 16.5. The molecule has 1 aliphatic carbocycles. The summed E-state index contributed by atoms with van der Waals surface area (Å²) in [5.41, 5.74) is 2.22.